The van der Waals surface area contributed by atoms with Crippen LogP contribution in [-0.4, -0.2) is 46.5 Å². The quantitative estimate of drug-likeness (QED) is 0.919. The van der Waals surface area contributed by atoms with Gasteiger partial charge in [0.25, 0.3) is 0 Å². The van der Waals surface area contributed by atoms with Crippen molar-refractivity contribution < 1.29 is 4.74 Å². The van der Waals surface area contributed by atoms with Gasteiger partial charge in [-0.2, -0.15) is 5.10 Å². The van der Waals surface area contributed by atoms with Crippen LogP contribution in [0.2, 0.25) is 0 Å². The molecule has 2 bridgehead atoms. The number of ether oxygens (including phenoxy) is 1. The minimum Gasteiger partial charge on any atom is -0.372 e. The SMILES string of the molecule is Cn1cc(C(CN)N2CC3CCC(C2)O3)c(C(C)(C)C)n1. The third-order valence-corrected chi connectivity index (χ3v) is 4.66. The summed E-state index contributed by atoms with van der Waals surface area (Å²) in [5, 5.41) is 4.70. The normalized spacial score (nSPS) is 28.0. The molecule has 3 unspecified atom stereocenters. The molecule has 2 N–H and O–H groups in total. The first-order chi connectivity index (χ1) is 9.88. The number of hydrogen-bond acceptors (Lipinski definition) is 4. The molecule has 2 aliphatic heterocycles. The predicted octanol–water partition coefficient (Wildman–Crippen LogP) is 1.58. The van der Waals surface area contributed by atoms with Gasteiger partial charge < -0.3 is 10.5 Å². The first-order valence-electron chi connectivity index (χ1n) is 8.02. The van der Waals surface area contributed by atoms with Crippen molar-refractivity contribution in [2.24, 2.45) is 12.8 Å². The molecule has 0 radical (unpaired) electrons. The molecule has 0 amide bonds. The number of morpholine rings is 1. The van der Waals surface area contributed by atoms with E-state index in [2.05, 4.69) is 31.9 Å². The van der Waals surface area contributed by atoms with Gasteiger partial charge in [0.2, 0.25) is 0 Å². The molecule has 3 atom stereocenters. The lowest BCUT2D eigenvalue weighted by Gasteiger charge is -2.38. The Morgan fingerprint density at radius 2 is 1.95 bits per heavy atom. The Morgan fingerprint density at radius 3 is 2.48 bits per heavy atom. The zero-order valence-corrected chi connectivity index (χ0v) is 13.7. The molecule has 0 aliphatic carbocycles. The Bertz CT molecular complexity index is 493. The van der Waals surface area contributed by atoms with Crippen molar-refractivity contribution in [1.82, 2.24) is 14.7 Å². The minimum atomic E-state index is 0.0370. The number of nitrogens with zero attached hydrogens (tertiary/aromatic N) is 3. The van der Waals surface area contributed by atoms with E-state index < -0.39 is 0 Å². The molecule has 1 aromatic rings. The van der Waals surface area contributed by atoms with Crippen LogP contribution in [0.3, 0.4) is 0 Å². The smallest absolute Gasteiger partial charge is 0.0726 e. The van der Waals surface area contributed by atoms with Crippen molar-refractivity contribution in [3.05, 3.63) is 17.5 Å². The van der Waals surface area contributed by atoms with Crippen LogP contribution in [-0.2, 0) is 17.2 Å². The predicted molar refractivity (Wildman–Crippen MR) is 83.2 cm³/mol. The van der Waals surface area contributed by atoms with E-state index >= 15 is 0 Å². The molecule has 21 heavy (non-hydrogen) atoms. The highest BCUT2D eigenvalue weighted by molar-refractivity contribution is 5.28. The van der Waals surface area contributed by atoms with E-state index in [1.807, 2.05) is 11.7 Å². The fourth-order valence-corrected chi connectivity index (χ4v) is 3.71. The summed E-state index contributed by atoms with van der Waals surface area (Å²) in [6.45, 7) is 9.28. The zero-order valence-electron chi connectivity index (χ0n) is 13.7. The largest absolute Gasteiger partial charge is 0.372 e. The first-order valence-corrected chi connectivity index (χ1v) is 8.02. The standard InChI is InChI=1S/C16H28N4O/c1-16(2,3)15-13(10-19(4)18-15)14(7-17)20-8-11-5-6-12(9-20)21-11/h10-12,14H,5-9,17H2,1-4H3. The summed E-state index contributed by atoms with van der Waals surface area (Å²) in [5.41, 5.74) is 8.64. The first kappa shape index (κ1) is 15.0. The second kappa shape index (κ2) is 5.38. The Hall–Kier alpha value is -0.910. The number of likely N-dealkylation sites (tertiary alicyclic amines) is 1. The highest BCUT2D eigenvalue weighted by Gasteiger charge is 2.38. The summed E-state index contributed by atoms with van der Waals surface area (Å²) in [5.74, 6) is 0. The van der Waals surface area contributed by atoms with Crippen molar-refractivity contribution in [2.45, 2.75) is 57.3 Å². The van der Waals surface area contributed by atoms with E-state index in [-0.39, 0.29) is 11.5 Å². The second-order valence-electron chi connectivity index (χ2n) is 7.52. The van der Waals surface area contributed by atoms with Crippen LogP contribution < -0.4 is 5.73 Å². The third kappa shape index (κ3) is 2.87. The average Bonchev–Trinajstić information content (AvgIpc) is 2.93. The number of rotatable bonds is 3. The van der Waals surface area contributed by atoms with Crippen molar-refractivity contribution in [1.29, 1.82) is 0 Å². The molecular formula is C16H28N4O. The molecule has 118 valence electrons. The van der Waals surface area contributed by atoms with Gasteiger partial charge >= 0.3 is 0 Å². The highest BCUT2D eigenvalue weighted by atomic mass is 16.5. The Balaban J connectivity index is 1.90. The van der Waals surface area contributed by atoms with Gasteiger partial charge in [-0.25, -0.2) is 0 Å². The van der Waals surface area contributed by atoms with Gasteiger partial charge in [-0.15, -0.1) is 0 Å². The van der Waals surface area contributed by atoms with E-state index in [4.69, 9.17) is 15.6 Å². The van der Waals surface area contributed by atoms with E-state index in [0.717, 1.165) is 13.1 Å². The third-order valence-electron chi connectivity index (χ3n) is 4.66. The van der Waals surface area contributed by atoms with Crippen LogP contribution in [0.4, 0.5) is 0 Å². The van der Waals surface area contributed by atoms with Gasteiger partial charge in [0, 0.05) is 43.9 Å². The van der Waals surface area contributed by atoms with Crippen molar-refractivity contribution in [3.63, 3.8) is 0 Å². The van der Waals surface area contributed by atoms with E-state index in [9.17, 15) is 0 Å². The van der Waals surface area contributed by atoms with Crippen LogP contribution in [0.25, 0.3) is 0 Å². The summed E-state index contributed by atoms with van der Waals surface area (Å²) in [7, 11) is 2.00. The molecular weight excluding hydrogens is 264 g/mol. The van der Waals surface area contributed by atoms with E-state index in [1.54, 1.807) is 0 Å². The van der Waals surface area contributed by atoms with Gasteiger partial charge in [0.05, 0.1) is 23.9 Å². The number of hydrogen-bond donors (Lipinski definition) is 1. The Morgan fingerprint density at radius 1 is 1.33 bits per heavy atom. The lowest BCUT2D eigenvalue weighted by atomic mass is 9.87. The maximum Gasteiger partial charge on any atom is 0.0726 e. The van der Waals surface area contributed by atoms with Crippen LogP contribution in [0.15, 0.2) is 6.20 Å². The molecule has 2 fully saturated rings. The summed E-state index contributed by atoms with van der Waals surface area (Å²) >= 11 is 0. The van der Waals surface area contributed by atoms with Crippen LogP contribution in [0.5, 0.6) is 0 Å². The van der Waals surface area contributed by atoms with Crippen LogP contribution in [0.1, 0.15) is 50.9 Å². The molecule has 3 heterocycles. The summed E-state index contributed by atoms with van der Waals surface area (Å²) < 4.78 is 7.88. The molecule has 0 aromatic carbocycles. The number of aryl methyl sites for hydroxylation is 1. The molecule has 2 aliphatic rings. The van der Waals surface area contributed by atoms with Crippen molar-refractivity contribution in [2.75, 3.05) is 19.6 Å². The van der Waals surface area contributed by atoms with Gasteiger partial charge in [-0.1, -0.05) is 20.8 Å². The average molecular weight is 292 g/mol. The molecule has 0 saturated carbocycles. The zero-order chi connectivity index (χ0) is 15.2. The number of aromatic nitrogens is 2. The highest BCUT2D eigenvalue weighted by Crippen LogP contribution is 2.35. The topological polar surface area (TPSA) is 56.3 Å². The lowest BCUT2D eigenvalue weighted by Crippen LogP contribution is -2.46. The number of fused-ring (bicyclic) bond motifs is 2. The monoisotopic (exact) mass is 292 g/mol. The summed E-state index contributed by atoms with van der Waals surface area (Å²) in [4.78, 5) is 2.51. The summed E-state index contributed by atoms with van der Waals surface area (Å²) in [6, 6.07) is 0.250. The molecule has 1 aromatic heterocycles. The lowest BCUT2D eigenvalue weighted by molar-refractivity contribution is -0.0522. The maximum atomic E-state index is 6.15. The minimum absolute atomic E-state index is 0.0370. The maximum absolute atomic E-state index is 6.15. The Kier molecular flexibility index (Phi) is 3.84. The van der Waals surface area contributed by atoms with E-state index in [1.165, 1.54) is 24.1 Å². The van der Waals surface area contributed by atoms with Crippen molar-refractivity contribution in [3.8, 4) is 0 Å². The van der Waals surface area contributed by atoms with Gasteiger partial charge in [-0.05, 0) is 12.8 Å². The molecule has 2 saturated heterocycles. The number of nitrogens with two attached hydrogens (primary N) is 1. The van der Waals surface area contributed by atoms with Gasteiger partial charge in [-0.3, -0.25) is 9.58 Å². The van der Waals surface area contributed by atoms with Gasteiger partial charge in [0.1, 0.15) is 0 Å². The van der Waals surface area contributed by atoms with Gasteiger partial charge in [0.15, 0.2) is 0 Å². The molecule has 5 nitrogen and oxygen atoms in total. The summed E-state index contributed by atoms with van der Waals surface area (Å²) in [6.07, 6.45) is 5.32. The second-order valence-corrected chi connectivity index (χ2v) is 7.52. The van der Waals surface area contributed by atoms with E-state index in [0.29, 0.717) is 18.8 Å². The Labute approximate surface area is 127 Å². The van der Waals surface area contributed by atoms with Crippen molar-refractivity contribution >= 4 is 0 Å². The molecule has 0 spiro atoms. The molecule has 3 rings (SSSR count). The van der Waals surface area contributed by atoms with Crippen LogP contribution in [0, 0.1) is 0 Å². The molecule has 5 heteroatoms. The fraction of sp³-hybridized carbons (Fsp3) is 0.812. The van der Waals surface area contributed by atoms with Crippen LogP contribution >= 0.6 is 0 Å². The fourth-order valence-electron chi connectivity index (χ4n) is 3.71.